The lowest BCUT2D eigenvalue weighted by molar-refractivity contribution is -0.137. The summed E-state index contributed by atoms with van der Waals surface area (Å²) < 4.78 is 38.5. The third kappa shape index (κ3) is 5.75. The summed E-state index contributed by atoms with van der Waals surface area (Å²) >= 11 is 0. The van der Waals surface area contributed by atoms with E-state index >= 15 is 0 Å². The van der Waals surface area contributed by atoms with Crippen LogP contribution in [0.15, 0.2) is 24.3 Å². The summed E-state index contributed by atoms with van der Waals surface area (Å²) in [5, 5.41) is 2.34. The van der Waals surface area contributed by atoms with E-state index in [2.05, 4.69) is 5.32 Å². The summed E-state index contributed by atoms with van der Waals surface area (Å²) in [6, 6.07) is 4.95. The molecule has 1 rings (SSSR count). The molecule has 0 heterocycles. The summed E-state index contributed by atoms with van der Waals surface area (Å²) in [6.07, 6.45) is -3.60. The minimum Gasteiger partial charge on any atom is -0.330 e. The van der Waals surface area contributed by atoms with Crippen LogP contribution in [0.1, 0.15) is 32.3 Å². The number of para-hydroxylation sites is 1. The average molecular weight is 302 g/mol. The number of hydrogen-bond acceptors (Lipinski definition) is 2. The number of nitrogens with one attached hydrogen (secondary N) is 1. The van der Waals surface area contributed by atoms with E-state index in [1.54, 1.807) is 0 Å². The van der Waals surface area contributed by atoms with Crippen molar-refractivity contribution in [2.75, 3.05) is 11.9 Å². The zero-order valence-corrected chi connectivity index (χ0v) is 12.2. The zero-order valence-electron chi connectivity index (χ0n) is 12.2. The molecule has 0 unspecified atom stereocenters. The summed E-state index contributed by atoms with van der Waals surface area (Å²) in [5.74, 6) is -0.0836. The number of alkyl halides is 3. The Morgan fingerprint density at radius 1 is 1.29 bits per heavy atom. The van der Waals surface area contributed by atoms with Gasteiger partial charge in [-0.2, -0.15) is 13.2 Å². The van der Waals surface area contributed by atoms with E-state index in [0.29, 0.717) is 12.5 Å². The van der Waals surface area contributed by atoms with Gasteiger partial charge in [-0.15, -0.1) is 0 Å². The predicted octanol–water partition coefficient (Wildman–Crippen LogP) is 3.66. The lowest BCUT2D eigenvalue weighted by Crippen LogP contribution is -2.24. The van der Waals surface area contributed by atoms with E-state index in [-0.39, 0.29) is 18.0 Å². The van der Waals surface area contributed by atoms with Gasteiger partial charge in [-0.05, 0) is 36.9 Å². The van der Waals surface area contributed by atoms with Crippen molar-refractivity contribution >= 4 is 11.6 Å². The minimum absolute atomic E-state index is 0.0250. The number of halogens is 3. The molecule has 0 aliphatic carbocycles. The van der Waals surface area contributed by atoms with Crippen molar-refractivity contribution in [1.29, 1.82) is 0 Å². The van der Waals surface area contributed by atoms with Crippen LogP contribution in [0.4, 0.5) is 18.9 Å². The number of carbonyl (C=O) groups is 1. The third-order valence-electron chi connectivity index (χ3n) is 3.12. The normalized spacial score (nSPS) is 13.3. The topological polar surface area (TPSA) is 55.1 Å². The van der Waals surface area contributed by atoms with Gasteiger partial charge in [0, 0.05) is 6.42 Å². The van der Waals surface area contributed by atoms with Crippen LogP contribution in [0.5, 0.6) is 0 Å². The number of anilines is 1. The fourth-order valence-corrected chi connectivity index (χ4v) is 2.23. The van der Waals surface area contributed by atoms with Crippen molar-refractivity contribution in [3.63, 3.8) is 0 Å². The van der Waals surface area contributed by atoms with E-state index in [1.807, 2.05) is 13.8 Å². The molecule has 6 heteroatoms. The smallest absolute Gasteiger partial charge is 0.330 e. The highest BCUT2D eigenvalue weighted by atomic mass is 19.4. The molecular weight excluding hydrogens is 281 g/mol. The van der Waals surface area contributed by atoms with E-state index in [9.17, 15) is 18.0 Å². The van der Waals surface area contributed by atoms with Crippen molar-refractivity contribution in [2.24, 2.45) is 17.6 Å². The minimum atomic E-state index is -4.49. The Labute approximate surface area is 122 Å². The van der Waals surface area contributed by atoms with Crippen LogP contribution < -0.4 is 11.1 Å². The molecule has 3 nitrogen and oxygen atoms in total. The fraction of sp³-hybridized carbons (Fsp3) is 0.533. The van der Waals surface area contributed by atoms with Gasteiger partial charge in [0.05, 0.1) is 11.3 Å². The molecule has 0 radical (unpaired) electrons. The molecule has 118 valence electrons. The van der Waals surface area contributed by atoms with Gasteiger partial charge in [0.15, 0.2) is 0 Å². The lowest BCUT2D eigenvalue weighted by Gasteiger charge is -2.18. The number of rotatable bonds is 6. The van der Waals surface area contributed by atoms with Crippen LogP contribution in [0.25, 0.3) is 0 Å². The van der Waals surface area contributed by atoms with Gasteiger partial charge >= 0.3 is 6.18 Å². The van der Waals surface area contributed by atoms with Crippen LogP contribution >= 0.6 is 0 Å². The first-order chi connectivity index (χ1) is 9.74. The highest BCUT2D eigenvalue weighted by molar-refractivity contribution is 5.91. The first kappa shape index (κ1) is 17.5. The second-order valence-electron chi connectivity index (χ2n) is 5.53. The molecule has 0 aliphatic rings. The Morgan fingerprint density at radius 3 is 2.43 bits per heavy atom. The Morgan fingerprint density at radius 2 is 1.90 bits per heavy atom. The Bertz CT molecular complexity index is 472. The number of hydrogen-bond donors (Lipinski definition) is 2. The third-order valence-corrected chi connectivity index (χ3v) is 3.12. The van der Waals surface area contributed by atoms with Crippen LogP contribution in [-0.4, -0.2) is 12.5 Å². The van der Waals surface area contributed by atoms with Gasteiger partial charge in [-0.25, -0.2) is 0 Å². The van der Waals surface area contributed by atoms with Gasteiger partial charge in [0.25, 0.3) is 0 Å². The van der Waals surface area contributed by atoms with Crippen LogP contribution in [0.3, 0.4) is 0 Å². The number of carbonyl (C=O) groups excluding carboxylic acids is 1. The van der Waals surface area contributed by atoms with Crippen molar-refractivity contribution in [1.82, 2.24) is 0 Å². The highest BCUT2D eigenvalue weighted by Crippen LogP contribution is 2.34. The van der Waals surface area contributed by atoms with Gasteiger partial charge in [0.1, 0.15) is 0 Å². The van der Waals surface area contributed by atoms with Crippen molar-refractivity contribution in [3.8, 4) is 0 Å². The fourth-order valence-electron chi connectivity index (χ4n) is 2.23. The largest absolute Gasteiger partial charge is 0.418 e. The molecule has 0 saturated heterocycles. The van der Waals surface area contributed by atoms with E-state index in [1.165, 1.54) is 18.2 Å². The Balaban J connectivity index is 2.75. The Hall–Kier alpha value is -1.56. The van der Waals surface area contributed by atoms with Crippen LogP contribution in [-0.2, 0) is 11.0 Å². The second kappa shape index (κ2) is 7.45. The summed E-state index contributed by atoms with van der Waals surface area (Å²) in [6.45, 7) is 4.37. The average Bonchev–Trinajstić information content (AvgIpc) is 2.36. The second-order valence-corrected chi connectivity index (χ2v) is 5.53. The summed E-state index contributed by atoms with van der Waals surface area (Å²) in [5.41, 5.74) is 4.55. The molecule has 1 amide bonds. The first-order valence-electron chi connectivity index (χ1n) is 6.90. The monoisotopic (exact) mass is 302 g/mol. The molecule has 0 spiro atoms. The number of nitrogens with two attached hydrogens (primary N) is 1. The number of benzene rings is 1. The molecule has 1 aromatic carbocycles. The molecule has 0 bridgehead atoms. The summed E-state index contributed by atoms with van der Waals surface area (Å²) in [7, 11) is 0. The molecule has 0 saturated carbocycles. The van der Waals surface area contributed by atoms with E-state index in [4.69, 9.17) is 5.73 Å². The summed E-state index contributed by atoms with van der Waals surface area (Å²) in [4.78, 5) is 11.9. The zero-order chi connectivity index (χ0) is 16.0. The molecule has 0 fully saturated rings. The first-order valence-corrected chi connectivity index (χ1v) is 6.90. The predicted molar refractivity (Wildman–Crippen MR) is 76.7 cm³/mol. The van der Waals surface area contributed by atoms with Gasteiger partial charge in [0.2, 0.25) is 5.91 Å². The standard InChI is InChI=1S/C15H21F3N2O/c1-10(2)7-11(9-19)8-14(21)20-13-6-4-3-5-12(13)15(16,17)18/h3-6,10-11H,7-9,19H2,1-2H3,(H,20,21)/t11-/m0/s1. The molecule has 0 aromatic heterocycles. The van der Waals surface area contributed by atoms with E-state index in [0.717, 1.165) is 12.5 Å². The molecular formula is C15H21F3N2O. The molecule has 21 heavy (non-hydrogen) atoms. The van der Waals surface area contributed by atoms with Crippen molar-refractivity contribution in [2.45, 2.75) is 32.9 Å². The van der Waals surface area contributed by atoms with Crippen molar-refractivity contribution < 1.29 is 18.0 Å². The lowest BCUT2D eigenvalue weighted by atomic mass is 9.94. The van der Waals surface area contributed by atoms with Crippen LogP contribution in [0, 0.1) is 11.8 Å². The molecule has 1 atom stereocenters. The highest BCUT2D eigenvalue weighted by Gasteiger charge is 2.33. The Kier molecular flexibility index (Phi) is 6.20. The van der Waals surface area contributed by atoms with E-state index < -0.39 is 17.6 Å². The van der Waals surface area contributed by atoms with Gasteiger partial charge < -0.3 is 11.1 Å². The van der Waals surface area contributed by atoms with Crippen molar-refractivity contribution in [3.05, 3.63) is 29.8 Å². The molecule has 0 aliphatic heterocycles. The molecule has 1 aromatic rings. The SMILES string of the molecule is CC(C)C[C@H](CN)CC(=O)Nc1ccccc1C(F)(F)F. The maximum atomic E-state index is 12.8. The quantitative estimate of drug-likeness (QED) is 0.842. The molecule has 3 N–H and O–H groups in total. The number of amides is 1. The maximum Gasteiger partial charge on any atom is 0.418 e. The van der Waals surface area contributed by atoms with Crippen LogP contribution in [0.2, 0.25) is 0 Å². The van der Waals surface area contributed by atoms with Gasteiger partial charge in [-0.3, -0.25) is 4.79 Å². The maximum absolute atomic E-state index is 12.8. The van der Waals surface area contributed by atoms with Gasteiger partial charge in [-0.1, -0.05) is 26.0 Å².